The average molecular weight is 464 g/mol. The van der Waals surface area contributed by atoms with Gasteiger partial charge in [0.15, 0.2) is 5.16 Å². The summed E-state index contributed by atoms with van der Waals surface area (Å²) in [5.41, 5.74) is 0.903. The Kier molecular flexibility index (Phi) is 7.69. The fourth-order valence-corrected chi connectivity index (χ4v) is 4.35. The van der Waals surface area contributed by atoms with E-state index in [2.05, 4.69) is 10.3 Å². The van der Waals surface area contributed by atoms with Gasteiger partial charge in [0.2, 0.25) is 0 Å². The number of hydrogen-bond acceptors (Lipinski definition) is 5. The number of methoxy groups -OCH3 is 1. The minimum absolute atomic E-state index is 0.0187. The molecule has 0 spiro atoms. The van der Waals surface area contributed by atoms with E-state index in [-0.39, 0.29) is 23.3 Å². The second kappa shape index (κ2) is 10.3. The van der Waals surface area contributed by atoms with Crippen LogP contribution in [0, 0.1) is 5.82 Å². The third kappa shape index (κ3) is 5.44. The number of nitrogens with zero attached hydrogens (tertiary/aromatic N) is 2. The van der Waals surface area contributed by atoms with Crippen LogP contribution >= 0.6 is 23.4 Å². The summed E-state index contributed by atoms with van der Waals surface area (Å²) in [6.45, 7) is 4.35. The van der Waals surface area contributed by atoms with E-state index in [4.69, 9.17) is 16.3 Å². The zero-order valence-electron chi connectivity index (χ0n) is 17.4. The normalized spacial score (nSPS) is 11.3. The highest BCUT2D eigenvalue weighted by molar-refractivity contribution is 7.98. The molecule has 1 aromatic heterocycles. The number of halogens is 2. The molecule has 1 amide bonds. The van der Waals surface area contributed by atoms with E-state index in [1.54, 1.807) is 37.4 Å². The number of benzene rings is 2. The molecule has 1 N–H and O–H groups in total. The summed E-state index contributed by atoms with van der Waals surface area (Å²) < 4.78 is 20.8. The number of nitrogens with one attached hydrogen (secondary N) is 1. The van der Waals surface area contributed by atoms with Gasteiger partial charge in [-0.15, -0.1) is 0 Å². The summed E-state index contributed by atoms with van der Waals surface area (Å²) in [7, 11) is 1.55. The van der Waals surface area contributed by atoms with E-state index in [0.29, 0.717) is 45.4 Å². The SMILES string of the molecule is COCCn1c(SCc2c(F)cccc2Cl)nc2cc(C(=O)NC(C)C)ccc2c1=O. The van der Waals surface area contributed by atoms with Crippen LogP contribution in [0.4, 0.5) is 4.39 Å². The number of thioether (sulfide) groups is 1. The zero-order chi connectivity index (χ0) is 22.5. The van der Waals surface area contributed by atoms with E-state index in [1.807, 2.05) is 13.8 Å². The second-order valence-electron chi connectivity index (χ2n) is 7.19. The molecular formula is C22H23ClFN3O3S. The molecule has 31 heavy (non-hydrogen) atoms. The number of carbonyl (C=O) groups is 1. The molecule has 0 saturated carbocycles. The topological polar surface area (TPSA) is 73.2 Å². The molecule has 164 valence electrons. The Morgan fingerprint density at radius 2 is 2.10 bits per heavy atom. The van der Waals surface area contributed by atoms with E-state index >= 15 is 0 Å². The summed E-state index contributed by atoms with van der Waals surface area (Å²) in [6, 6.07) is 9.28. The van der Waals surface area contributed by atoms with Gasteiger partial charge >= 0.3 is 0 Å². The first-order valence-corrected chi connectivity index (χ1v) is 11.1. The van der Waals surface area contributed by atoms with E-state index < -0.39 is 5.82 Å². The third-order valence-electron chi connectivity index (χ3n) is 4.53. The van der Waals surface area contributed by atoms with Gasteiger partial charge in [-0.2, -0.15) is 0 Å². The summed E-state index contributed by atoms with van der Waals surface area (Å²) in [6.07, 6.45) is 0. The van der Waals surface area contributed by atoms with Crippen LogP contribution in [0.1, 0.15) is 29.8 Å². The van der Waals surface area contributed by atoms with E-state index in [9.17, 15) is 14.0 Å². The van der Waals surface area contributed by atoms with Gasteiger partial charge in [0.25, 0.3) is 11.5 Å². The van der Waals surface area contributed by atoms with Crippen LogP contribution in [-0.4, -0.2) is 35.2 Å². The number of aromatic nitrogens is 2. The Hall–Kier alpha value is -2.42. The number of hydrogen-bond donors (Lipinski definition) is 1. The van der Waals surface area contributed by atoms with Crippen molar-refractivity contribution >= 4 is 40.2 Å². The lowest BCUT2D eigenvalue weighted by Gasteiger charge is -2.14. The van der Waals surface area contributed by atoms with Crippen LogP contribution in [0.3, 0.4) is 0 Å². The molecule has 0 aliphatic rings. The maximum absolute atomic E-state index is 14.2. The Morgan fingerprint density at radius 3 is 2.77 bits per heavy atom. The van der Waals surface area contributed by atoms with Crippen molar-refractivity contribution in [2.45, 2.75) is 37.3 Å². The van der Waals surface area contributed by atoms with Crippen LogP contribution in [-0.2, 0) is 17.0 Å². The second-order valence-corrected chi connectivity index (χ2v) is 8.54. The number of carbonyl (C=O) groups excluding carboxylic acids is 1. The predicted octanol–water partition coefficient (Wildman–Crippen LogP) is 4.27. The summed E-state index contributed by atoms with van der Waals surface area (Å²) in [4.78, 5) is 30.1. The lowest BCUT2D eigenvalue weighted by atomic mass is 10.1. The van der Waals surface area contributed by atoms with E-state index in [1.165, 1.54) is 22.4 Å². The zero-order valence-corrected chi connectivity index (χ0v) is 19.0. The number of amides is 1. The minimum Gasteiger partial charge on any atom is -0.383 e. The fourth-order valence-electron chi connectivity index (χ4n) is 2.98. The molecule has 2 aromatic carbocycles. The van der Waals surface area contributed by atoms with Crippen molar-refractivity contribution in [1.29, 1.82) is 0 Å². The van der Waals surface area contributed by atoms with Gasteiger partial charge in [0.05, 0.1) is 24.1 Å². The van der Waals surface area contributed by atoms with Crippen molar-refractivity contribution < 1.29 is 13.9 Å². The Bertz CT molecular complexity index is 1150. The van der Waals surface area contributed by atoms with Crippen molar-refractivity contribution in [3.05, 3.63) is 68.7 Å². The van der Waals surface area contributed by atoms with Crippen molar-refractivity contribution in [3.63, 3.8) is 0 Å². The molecule has 1 heterocycles. The monoisotopic (exact) mass is 463 g/mol. The highest BCUT2D eigenvalue weighted by Crippen LogP contribution is 2.28. The van der Waals surface area contributed by atoms with Gasteiger partial charge in [-0.05, 0) is 44.2 Å². The van der Waals surface area contributed by atoms with Gasteiger partial charge < -0.3 is 10.1 Å². The molecule has 3 aromatic rings. The molecule has 0 atom stereocenters. The first-order valence-electron chi connectivity index (χ1n) is 9.72. The number of ether oxygens (including phenoxy) is 1. The highest BCUT2D eigenvalue weighted by Gasteiger charge is 2.16. The standard InChI is InChI=1S/C22H23ClFN3O3S/c1-13(2)25-20(28)14-7-8-15-19(11-14)26-22(27(21(15)29)9-10-30-3)31-12-16-17(23)5-4-6-18(16)24/h4-8,11,13H,9-10,12H2,1-3H3,(H,25,28). The predicted molar refractivity (Wildman–Crippen MR) is 121 cm³/mol. The molecular weight excluding hydrogens is 441 g/mol. The maximum atomic E-state index is 14.2. The third-order valence-corrected chi connectivity index (χ3v) is 5.89. The smallest absolute Gasteiger partial charge is 0.262 e. The van der Waals surface area contributed by atoms with Gasteiger partial charge in [-0.1, -0.05) is 29.4 Å². The Labute approximate surface area is 188 Å². The maximum Gasteiger partial charge on any atom is 0.262 e. The molecule has 9 heteroatoms. The summed E-state index contributed by atoms with van der Waals surface area (Å²) in [5, 5.41) is 3.93. The van der Waals surface area contributed by atoms with E-state index in [0.717, 1.165) is 0 Å². The summed E-state index contributed by atoms with van der Waals surface area (Å²) in [5.74, 6) is -0.460. The molecule has 0 saturated heterocycles. The molecule has 0 bridgehead atoms. The van der Waals surface area contributed by atoms with Crippen LogP contribution in [0.25, 0.3) is 10.9 Å². The Balaban J connectivity index is 2.03. The minimum atomic E-state index is -0.417. The quantitative estimate of drug-likeness (QED) is 0.399. The van der Waals surface area contributed by atoms with Crippen molar-refractivity contribution in [3.8, 4) is 0 Å². The van der Waals surface area contributed by atoms with Crippen molar-refractivity contribution in [2.24, 2.45) is 0 Å². The Morgan fingerprint density at radius 1 is 1.32 bits per heavy atom. The van der Waals surface area contributed by atoms with Crippen LogP contribution < -0.4 is 10.9 Å². The molecule has 6 nitrogen and oxygen atoms in total. The van der Waals surface area contributed by atoms with Gasteiger partial charge in [-0.25, -0.2) is 9.37 Å². The van der Waals surface area contributed by atoms with Gasteiger partial charge in [0, 0.05) is 35.1 Å². The number of fused-ring (bicyclic) bond motifs is 1. The van der Waals surface area contributed by atoms with Crippen molar-refractivity contribution in [1.82, 2.24) is 14.9 Å². The molecule has 0 unspecified atom stereocenters. The first kappa shape index (κ1) is 23.2. The van der Waals surface area contributed by atoms with Crippen molar-refractivity contribution in [2.75, 3.05) is 13.7 Å². The molecule has 0 fully saturated rings. The lowest BCUT2D eigenvalue weighted by Crippen LogP contribution is -2.30. The van der Waals surface area contributed by atoms with Crippen LogP contribution in [0.2, 0.25) is 5.02 Å². The molecule has 0 aliphatic heterocycles. The molecule has 3 rings (SSSR count). The van der Waals surface area contributed by atoms with Crippen LogP contribution in [0.15, 0.2) is 46.3 Å². The number of rotatable bonds is 8. The van der Waals surface area contributed by atoms with Gasteiger partial charge in [0.1, 0.15) is 5.82 Å². The largest absolute Gasteiger partial charge is 0.383 e. The molecule has 0 radical (unpaired) electrons. The summed E-state index contributed by atoms with van der Waals surface area (Å²) >= 11 is 7.34. The first-order chi connectivity index (χ1) is 14.8. The fraction of sp³-hybridized carbons (Fsp3) is 0.318. The lowest BCUT2D eigenvalue weighted by molar-refractivity contribution is 0.0943. The highest BCUT2D eigenvalue weighted by atomic mass is 35.5. The van der Waals surface area contributed by atoms with Gasteiger partial charge in [-0.3, -0.25) is 14.2 Å². The molecule has 0 aliphatic carbocycles. The average Bonchev–Trinajstić information content (AvgIpc) is 2.72. The van der Waals surface area contributed by atoms with Crippen LogP contribution in [0.5, 0.6) is 0 Å².